The van der Waals surface area contributed by atoms with Crippen molar-refractivity contribution in [2.45, 2.75) is 46.1 Å². The quantitative estimate of drug-likeness (QED) is 0.579. The normalized spacial score (nSPS) is 13.6. The number of nitrogens with one attached hydrogen (secondary N) is 3. The molecular formula is C20H28ClN3O3. The van der Waals surface area contributed by atoms with E-state index < -0.39 is 11.4 Å². The van der Waals surface area contributed by atoms with Crippen molar-refractivity contribution in [1.29, 1.82) is 0 Å². The summed E-state index contributed by atoms with van der Waals surface area (Å²) in [6.07, 6.45) is 2.97. The van der Waals surface area contributed by atoms with Crippen LogP contribution in [0.15, 0.2) is 23.0 Å². The fourth-order valence-corrected chi connectivity index (χ4v) is 3.74. The molecule has 2 aromatic rings. The van der Waals surface area contributed by atoms with Crippen molar-refractivity contribution in [2.75, 3.05) is 18.4 Å². The minimum absolute atomic E-state index is 0. The zero-order valence-corrected chi connectivity index (χ0v) is 16.7. The maximum atomic E-state index is 12.3. The number of fused-ring (bicyclic) bond motifs is 3. The summed E-state index contributed by atoms with van der Waals surface area (Å²) >= 11 is 0. The lowest BCUT2D eigenvalue weighted by Crippen LogP contribution is -2.40. The van der Waals surface area contributed by atoms with Crippen LogP contribution in [-0.2, 0) is 17.8 Å². The van der Waals surface area contributed by atoms with E-state index in [1.54, 1.807) is 0 Å². The van der Waals surface area contributed by atoms with Gasteiger partial charge in [-0.05, 0) is 37.3 Å². The first kappa shape index (κ1) is 21.3. The molecule has 27 heavy (non-hydrogen) atoms. The molecule has 1 aromatic heterocycles. The van der Waals surface area contributed by atoms with Crippen molar-refractivity contribution in [3.05, 3.63) is 39.7 Å². The number of pyridine rings is 1. The molecular weight excluding hydrogens is 366 g/mol. The zero-order valence-electron chi connectivity index (χ0n) is 15.9. The predicted molar refractivity (Wildman–Crippen MR) is 111 cm³/mol. The van der Waals surface area contributed by atoms with E-state index in [4.69, 9.17) is 0 Å². The second kappa shape index (κ2) is 8.76. The molecule has 0 atom stereocenters. The summed E-state index contributed by atoms with van der Waals surface area (Å²) in [5, 5.41) is 17.2. The van der Waals surface area contributed by atoms with Gasteiger partial charge >= 0.3 is 5.97 Å². The van der Waals surface area contributed by atoms with E-state index >= 15 is 0 Å². The Labute approximate surface area is 165 Å². The smallest absolute Gasteiger partial charge is 0.310 e. The topological polar surface area (TPSA) is 94.2 Å². The van der Waals surface area contributed by atoms with E-state index in [0.717, 1.165) is 47.1 Å². The molecule has 0 saturated heterocycles. The van der Waals surface area contributed by atoms with E-state index in [-0.39, 0.29) is 18.0 Å². The minimum Gasteiger partial charge on any atom is -0.481 e. The number of aromatic nitrogens is 1. The number of H-pyrrole nitrogens is 1. The second-order valence-electron chi connectivity index (χ2n) is 7.11. The van der Waals surface area contributed by atoms with Crippen LogP contribution in [0.25, 0.3) is 10.9 Å². The number of carbonyl (C=O) groups is 1. The molecule has 0 saturated carbocycles. The van der Waals surface area contributed by atoms with Crippen molar-refractivity contribution < 1.29 is 9.90 Å². The van der Waals surface area contributed by atoms with Gasteiger partial charge in [0.2, 0.25) is 0 Å². The van der Waals surface area contributed by atoms with Crippen molar-refractivity contribution in [2.24, 2.45) is 5.41 Å². The molecule has 0 fully saturated rings. The van der Waals surface area contributed by atoms with Gasteiger partial charge in [-0.1, -0.05) is 26.0 Å². The monoisotopic (exact) mass is 393 g/mol. The maximum absolute atomic E-state index is 12.3. The summed E-state index contributed by atoms with van der Waals surface area (Å²) in [6.45, 7) is 5.71. The van der Waals surface area contributed by atoms with Gasteiger partial charge in [0.1, 0.15) is 0 Å². The number of hydrogen-bond donors (Lipinski definition) is 4. The maximum Gasteiger partial charge on any atom is 0.310 e. The first-order valence-electron chi connectivity index (χ1n) is 9.36. The number of aliphatic carboxylic acids is 1. The van der Waals surface area contributed by atoms with Crippen molar-refractivity contribution in [1.82, 2.24) is 10.3 Å². The summed E-state index contributed by atoms with van der Waals surface area (Å²) in [6, 6.07) is 6.04. The highest BCUT2D eigenvalue weighted by molar-refractivity contribution is 5.93. The minimum atomic E-state index is -0.754. The molecule has 4 N–H and O–H groups in total. The Balaban J connectivity index is 0.00000261. The van der Waals surface area contributed by atoms with Gasteiger partial charge < -0.3 is 20.7 Å². The molecule has 0 amide bonds. The van der Waals surface area contributed by atoms with Gasteiger partial charge in [0, 0.05) is 30.6 Å². The molecule has 6 nitrogen and oxygen atoms in total. The number of halogens is 1. The number of rotatable bonds is 7. The molecule has 3 rings (SSSR count). The first-order chi connectivity index (χ1) is 12.5. The summed E-state index contributed by atoms with van der Waals surface area (Å²) in [5.41, 5.74) is 2.89. The van der Waals surface area contributed by atoms with Crippen LogP contribution in [0.1, 0.15) is 44.2 Å². The van der Waals surface area contributed by atoms with Crippen molar-refractivity contribution in [3.63, 3.8) is 0 Å². The predicted octanol–water partition coefficient (Wildman–Crippen LogP) is 3.29. The van der Waals surface area contributed by atoms with Crippen LogP contribution in [0, 0.1) is 5.41 Å². The molecule has 0 aliphatic carbocycles. The average Bonchev–Trinajstić information content (AvgIpc) is 2.65. The van der Waals surface area contributed by atoms with Gasteiger partial charge in [-0.25, -0.2) is 0 Å². The first-order valence-corrected chi connectivity index (χ1v) is 9.36. The van der Waals surface area contributed by atoms with E-state index in [2.05, 4.69) is 15.6 Å². The Morgan fingerprint density at radius 3 is 2.70 bits per heavy atom. The fourth-order valence-electron chi connectivity index (χ4n) is 3.74. The summed E-state index contributed by atoms with van der Waals surface area (Å²) in [5.74, 6) is -0.754. The third-order valence-electron chi connectivity index (χ3n) is 5.68. The van der Waals surface area contributed by atoms with Crippen LogP contribution in [0.4, 0.5) is 5.69 Å². The molecule has 0 unspecified atom stereocenters. The molecule has 1 aliphatic heterocycles. The number of aromatic amines is 1. The molecule has 2 heterocycles. The van der Waals surface area contributed by atoms with Gasteiger partial charge in [0.25, 0.3) is 5.56 Å². The van der Waals surface area contributed by atoms with Gasteiger partial charge in [-0.2, -0.15) is 0 Å². The third-order valence-corrected chi connectivity index (χ3v) is 5.68. The zero-order chi connectivity index (χ0) is 18.7. The van der Waals surface area contributed by atoms with Gasteiger partial charge in [-0.15, -0.1) is 12.4 Å². The van der Waals surface area contributed by atoms with Gasteiger partial charge in [-0.3, -0.25) is 9.59 Å². The van der Waals surface area contributed by atoms with Gasteiger partial charge in [0.05, 0.1) is 16.6 Å². The molecule has 7 heteroatoms. The lowest BCUT2D eigenvalue weighted by atomic mass is 9.82. The molecule has 148 valence electrons. The molecule has 1 aliphatic rings. The third kappa shape index (κ3) is 4.12. The fraction of sp³-hybridized carbons (Fsp3) is 0.500. The second-order valence-corrected chi connectivity index (χ2v) is 7.11. The van der Waals surface area contributed by atoms with Crippen LogP contribution in [0.3, 0.4) is 0 Å². The van der Waals surface area contributed by atoms with Crippen LogP contribution >= 0.6 is 12.4 Å². The van der Waals surface area contributed by atoms with Crippen molar-refractivity contribution >= 4 is 35.0 Å². The van der Waals surface area contributed by atoms with E-state index in [9.17, 15) is 14.7 Å². The van der Waals surface area contributed by atoms with E-state index in [0.29, 0.717) is 25.9 Å². The number of benzene rings is 1. The molecule has 1 aromatic carbocycles. The van der Waals surface area contributed by atoms with Crippen LogP contribution in [0.2, 0.25) is 0 Å². The Kier molecular flexibility index (Phi) is 6.89. The number of carboxylic acid groups (broad SMARTS) is 1. The Bertz CT molecular complexity index is 875. The SMILES string of the molecule is CCC(CC)(CNCc1ccc2c3c(c(=O)[nH]c2c1)CCCN3)C(=O)O.Cl. The largest absolute Gasteiger partial charge is 0.481 e. The lowest BCUT2D eigenvalue weighted by Gasteiger charge is -2.27. The van der Waals surface area contributed by atoms with Crippen LogP contribution in [0.5, 0.6) is 0 Å². The summed E-state index contributed by atoms with van der Waals surface area (Å²) < 4.78 is 0. The van der Waals surface area contributed by atoms with E-state index in [1.165, 1.54) is 0 Å². The average molecular weight is 394 g/mol. The Hall–Kier alpha value is -2.05. The lowest BCUT2D eigenvalue weighted by molar-refractivity contribution is -0.149. The Morgan fingerprint density at radius 2 is 2.04 bits per heavy atom. The molecule has 0 spiro atoms. The number of carboxylic acids is 1. The highest BCUT2D eigenvalue weighted by atomic mass is 35.5. The highest BCUT2D eigenvalue weighted by Gasteiger charge is 2.34. The number of anilines is 1. The number of hydrogen-bond acceptors (Lipinski definition) is 4. The van der Waals surface area contributed by atoms with E-state index in [1.807, 2.05) is 32.0 Å². The molecule has 0 bridgehead atoms. The van der Waals surface area contributed by atoms with Crippen LogP contribution in [-0.4, -0.2) is 29.1 Å². The van der Waals surface area contributed by atoms with Crippen molar-refractivity contribution in [3.8, 4) is 0 Å². The molecule has 0 radical (unpaired) electrons. The standard InChI is InChI=1S/C20H27N3O3.ClH/c1-3-20(4-2,19(25)26)12-21-11-13-7-8-14-16(10-13)23-18(24)15-6-5-9-22-17(14)15;/h7-8,10,21-22H,3-6,9,11-12H2,1-2H3,(H,23,24)(H,25,26);1H. The van der Waals surface area contributed by atoms with Gasteiger partial charge in [0.15, 0.2) is 0 Å². The highest BCUT2D eigenvalue weighted by Crippen LogP contribution is 2.28. The Morgan fingerprint density at radius 1 is 1.30 bits per heavy atom. The van der Waals surface area contributed by atoms with Crippen LogP contribution < -0.4 is 16.2 Å². The summed E-state index contributed by atoms with van der Waals surface area (Å²) in [7, 11) is 0. The summed E-state index contributed by atoms with van der Waals surface area (Å²) in [4.78, 5) is 26.9.